The molecule has 150 valence electrons. The summed E-state index contributed by atoms with van der Waals surface area (Å²) in [5.41, 5.74) is 3.02. The van der Waals surface area contributed by atoms with E-state index in [0.717, 1.165) is 16.8 Å². The Balaban J connectivity index is 1.56. The van der Waals surface area contributed by atoms with Crippen molar-refractivity contribution in [2.24, 2.45) is 0 Å². The molecule has 1 N–H and O–H groups in total. The maximum absolute atomic E-state index is 6.33. The maximum Gasteiger partial charge on any atom is 0.247 e. The van der Waals surface area contributed by atoms with Crippen molar-refractivity contribution in [1.29, 1.82) is 0 Å². The normalized spacial score (nSPS) is 14.8. The molecular formula is C21H14Cl2N4O2S. The summed E-state index contributed by atoms with van der Waals surface area (Å²) in [5.74, 6) is 1.57. The van der Waals surface area contributed by atoms with Crippen molar-refractivity contribution in [3.8, 4) is 28.5 Å². The van der Waals surface area contributed by atoms with Gasteiger partial charge in [0.25, 0.3) is 0 Å². The summed E-state index contributed by atoms with van der Waals surface area (Å²) in [6.45, 7) is 0. The van der Waals surface area contributed by atoms with Crippen molar-refractivity contribution in [3.63, 3.8) is 0 Å². The minimum atomic E-state index is -0.612. The topological polar surface area (TPSA) is 73.1 Å². The molecule has 2 aromatic carbocycles. The molecule has 1 atom stereocenters. The van der Waals surface area contributed by atoms with Crippen molar-refractivity contribution in [3.05, 3.63) is 70.4 Å². The third-order valence-electron chi connectivity index (χ3n) is 4.60. The van der Waals surface area contributed by atoms with E-state index >= 15 is 0 Å². The van der Waals surface area contributed by atoms with Gasteiger partial charge in [0.2, 0.25) is 17.3 Å². The molecule has 0 spiro atoms. The fourth-order valence-corrected chi connectivity index (χ4v) is 3.99. The first-order chi connectivity index (χ1) is 14.6. The average Bonchev–Trinajstić information content (AvgIpc) is 3.17. The third-order valence-corrected chi connectivity index (χ3v) is 5.68. The number of furan rings is 1. The predicted molar refractivity (Wildman–Crippen MR) is 118 cm³/mol. The number of nitrogens with zero attached hydrogens (tertiary/aromatic N) is 3. The molecular weight excluding hydrogens is 443 g/mol. The summed E-state index contributed by atoms with van der Waals surface area (Å²) in [6.07, 6.45) is 1.27. The highest BCUT2D eigenvalue weighted by Crippen LogP contribution is 2.40. The molecule has 0 fully saturated rings. The lowest BCUT2D eigenvalue weighted by molar-refractivity contribution is 0.196. The van der Waals surface area contributed by atoms with Gasteiger partial charge in [0.1, 0.15) is 5.76 Å². The molecule has 3 heterocycles. The summed E-state index contributed by atoms with van der Waals surface area (Å²) in [6, 6.07) is 16.7. The number of hydrogen-bond acceptors (Lipinski definition) is 7. The lowest BCUT2D eigenvalue weighted by Crippen LogP contribution is -2.16. The van der Waals surface area contributed by atoms with Gasteiger partial charge in [-0.05, 0) is 42.7 Å². The van der Waals surface area contributed by atoms with E-state index in [4.69, 9.17) is 32.4 Å². The van der Waals surface area contributed by atoms with Gasteiger partial charge in [0.05, 0.1) is 5.02 Å². The first-order valence-corrected chi connectivity index (χ1v) is 11.0. The third kappa shape index (κ3) is 3.49. The van der Waals surface area contributed by atoms with E-state index in [1.54, 1.807) is 12.1 Å². The fourth-order valence-electron chi connectivity index (χ4n) is 3.19. The molecule has 0 saturated heterocycles. The molecule has 6 nitrogen and oxygen atoms in total. The molecule has 9 heteroatoms. The van der Waals surface area contributed by atoms with E-state index in [-0.39, 0.29) is 0 Å². The van der Waals surface area contributed by atoms with Crippen molar-refractivity contribution >= 4 is 40.7 Å². The van der Waals surface area contributed by atoms with Gasteiger partial charge >= 0.3 is 0 Å². The molecule has 0 aliphatic carbocycles. The van der Waals surface area contributed by atoms with Crippen LogP contribution in [0.5, 0.6) is 5.88 Å². The number of ether oxygens (including phenoxy) is 1. The Morgan fingerprint density at radius 2 is 1.87 bits per heavy atom. The van der Waals surface area contributed by atoms with Crippen molar-refractivity contribution in [2.45, 2.75) is 11.4 Å². The Hall–Kier alpha value is -2.74. The quantitative estimate of drug-likeness (QED) is 0.361. The van der Waals surface area contributed by atoms with E-state index < -0.39 is 6.23 Å². The van der Waals surface area contributed by atoms with E-state index in [2.05, 4.69) is 20.5 Å². The Bertz CT molecular complexity index is 1250. The van der Waals surface area contributed by atoms with Crippen LogP contribution in [0.25, 0.3) is 22.6 Å². The van der Waals surface area contributed by atoms with Gasteiger partial charge in [0, 0.05) is 21.8 Å². The van der Waals surface area contributed by atoms with Crippen LogP contribution in [-0.4, -0.2) is 21.4 Å². The molecule has 0 bridgehead atoms. The van der Waals surface area contributed by atoms with Crippen LogP contribution in [0.2, 0.25) is 10.0 Å². The van der Waals surface area contributed by atoms with Crippen LogP contribution in [0, 0.1) is 0 Å². The van der Waals surface area contributed by atoms with Gasteiger partial charge in [-0.25, -0.2) is 0 Å². The van der Waals surface area contributed by atoms with Crippen LogP contribution in [0.15, 0.2) is 64.2 Å². The van der Waals surface area contributed by atoms with Gasteiger partial charge in [0.15, 0.2) is 11.5 Å². The molecule has 2 aromatic heterocycles. The molecule has 1 aliphatic heterocycles. The number of para-hydroxylation sites is 1. The second kappa shape index (κ2) is 7.83. The number of nitrogens with one attached hydrogen (secondary N) is 1. The van der Waals surface area contributed by atoms with Gasteiger partial charge < -0.3 is 14.5 Å². The number of rotatable bonds is 3. The summed E-state index contributed by atoms with van der Waals surface area (Å²) >= 11 is 13.7. The molecule has 0 amide bonds. The monoisotopic (exact) mass is 456 g/mol. The van der Waals surface area contributed by atoms with Crippen LogP contribution in [0.3, 0.4) is 0 Å². The van der Waals surface area contributed by atoms with E-state index in [1.165, 1.54) is 11.8 Å². The number of fused-ring (bicyclic) bond motifs is 3. The Morgan fingerprint density at radius 3 is 2.70 bits per heavy atom. The Labute approximate surface area is 186 Å². The molecule has 5 rings (SSSR count). The van der Waals surface area contributed by atoms with Crippen LogP contribution in [0.4, 0.5) is 5.69 Å². The summed E-state index contributed by atoms with van der Waals surface area (Å²) in [4.78, 5) is 4.50. The van der Waals surface area contributed by atoms with Crippen LogP contribution in [-0.2, 0) is 0 Å². The van der Waals surface area contributed by atoms with Gasteiger partial charge in [-0.15, -0.1) is 10.2 Å². The second-order valence-corrected chi connectivity index (χ2v) is 8.08. The summed E-state index contributed by atoms with van der Waals surface area (Å²) in [5, 5.41) is 13.5. The predicted octanol–water partition coefficient (Wildman–Crippen LogP) is 6.33. The lowest BCUT2D eigenvalue weighted by atomic mass is 10.1. The zero-order valence-corrected chi connectivity index (χ0v) is 17.9. The number of halogens is 2. The van der Waals surface area contributed by atoms with Crippen molar-refractivity contribution in [2.75, 3.05) is 11.6 Å². The van der Waals surface area contributed by atoms with Gasteiger partial charge in [-0.1, -0.05) is 53.2 Å². The lowest BCUT2D eigenvalue weighted by Gasteiger charge is -2.16. The van der Waals surface area contributed by atoms with E-state index in [0.29, 0.717) is 38.3 Å². The maximum atomic E-state index is 6.33. The SMILES string of the molecule is CSc1nnc2c(n1)O[C@@H](c1ccc(-c3ccc(Cl)cc3Cl)o1)Nc1ccccc1-2. The van der Waals surface area contributed by atoms with Crippen LogP contribution < -0.4 is 10.1 Å². The first kappa shape index (κ1) is 19.2. The minimum absolute atomic E-state index is 0.388. The zero-order valence-electron chi connectivity index (χ0n) is 15.6. The van der Waals surface area contributed by atoms with Crippen LogP contribution >= 0.6 is 35.0 Å². The summed E-state index contributed by atoms with van der Waals surface area (Å²) < 4.78 is 12.3. The first-order valence-electron chi connectivity index (χ1n) is 8.99. The number of aromatic nitrogens is 3. The molecule has 1 aliphatic rings. The number of anilines is 1. The van der Waals surface area contributed by atoms with Crippen molar-refractivity contribution in [1.82, 2.24) is 15.2 Å². The molecule has 4 aromatic rings. The molecule has 30 heavy (non-hydrogen) atoms. The summed E-state index contributed by atoms with van der Waals surface area (Å²) in [7, 11) is 0. The highest BCUT2D eigenvalue weighted by Gasteiger charge is 2.28. The smallest absolute Gasteiger partial charge is 0.247 e. The van der Waals surface area contributed by atoms with E-state index in [9.17, 15) is 0 Å². The van der Waals surface area contributed by atoms with Gasteiger partial charge in [-0.3, -0.25) is 0 Å². The van der Waals surface area contributed by atoms with Crippen LogP contribution in [0.1, 0.15) is 12.0 Å². The number of thioether (sulfide) groups is 1. The largest absolute Gasteiger partial charge is 0.455 e. The highest BCUT2D eigenvalue weighted by atomic mass is 35.5. The minimum Gasteiger partial charge on any atom is -0.455 e. The Morgan fingerprint density at radius 1 is 1.00 bits per heavy atom. The molecule has 0 unspecified atom stereocenters. The second-order valence-electron chi connectivity index (χ2n) is 6.47. The Kier molecular flexibility index (Phi) is 5.02. The highest BCUT2D eigenvalue weighted by molar-refractivity contribution is 7.98. The standard InChI is InChI=1S/C21H14Cl2N4O2S/c1-30-21-25-20-18(26-27-21)13-4-2-3-5-15(13)24-19(29-20)17-9-8-16(28-17)12-7-6-11(22)10-14(12)23/h2-10,19,24H,1H3/t19-/m0/s1. The van der Waals surface area contributed by atoms with Gasteiger partial charge in [-0.2, -0.15) is 4.98 Å². The molecule has 0 radical (unpaired) electrons. The van der Waals surface area contributed by atoms with Crippen molar-refractivity contribution < 1.29 is 9.15 Å². The fraction of sp³-hybridized carbons (Fsp3) is 0.0952. The average molecular weight is 457 g/mol. The zero-order chi connectivity index (χ0) is 20.7. The number of hydrogen-bond donors (Lipinski definition) is 1. The number of benzene rings is 2. The molecule has 0 saturated carbocycles. The van der Waals surface area contributed by atoms with E-state index in [1.807, 2.05) is 48.7 Å².